The van der Waals surface area contributed by atoms with E-state index in [2.05, 4.69) is 27.7 Å². The van der Waals surface area contributed by atoms with Crippen LogP contribution in [0.15, 0.2) is 0 Å². The maximum absolute atomic E-state index is 2.75. The maximum Gasteiger partial charge on any atom is -0.0266 e. The highest BCUT2D eigenvalue weighted by Crippen LogP contribution is 2.67. The molecule has 0 aliphatic heterocycles. The quantitative estimate of drug-likeness (QED) is 0.488. The van der Waals surface area contributed by atoms with Crippen molar-refractivity contribution in [3.05, 3.63) is 0 Å². The monoisotopic (exact) mass is 344 g/mol. The van der Waals surface area contributed by atoms with E-state index < -0.39 is 0 Å². The van der Waals surface area contributed by atoms with Crippen LogP contribution in [-0.2, 0) is 0 Å². The van der Waals surface area contributed by atoms with Gasteiger partial charge >= 0.3 is 0 Å². The Bertz CT molecular complexity index is 467. The lowest BCUT2D eigenvalue weighted by atomic mass is 9.41. The highest BCUT2D eigenvalue weighted by molar-refractivity contribution is 5.07. The smallest absolute Gasteiger partial charge is 0.0266 e. The van der Waals surface area contributed by atoms with Crippen LogP contribution >= 0.6 is 0 Å². The normalized spacial score (nSPS) is 52.8. The lowest BCUT2D eigenvalue weighted by Gasteiger charge is -2.64. The first-order chi connectivity index (χ1) is 12.0. The van der Waals surface area contributed by atoms with Gasteiger partial charge in [-0.2, -0.15) is 0 Å². The van der Waals surface area contributed by atoms with Crippen molar-refractivity contribution in [3.8, 4) is 0 Å². The van der Waals surface area contributed by atoms with Gasteiger partial charge in [-0.1, -0.05) is 53.4 Å². The molecule has 6 unspecified atom stereocenters. The fourth-order valence-electron chi connectivity index (χ4n) is 9.00. The molecule has 0 bridgehead atoms. The summed E-state index contributed by atoms with van der Waals surface area (Å²) in [6.07, 6.45) is 19.9. The molecule has 0 radical (unpaired) electrons. The van der Waals surface area contributed by atoms with Crippen molar-refractivity contribution >= 4 is 0 Å². The van der Waals surface area contributed by atoms with E-state index in [0.29, 0.717) is 10.8 Å². The van der Waals surface area contributed by atoms with Gasteiger partial charge < -0.3 is 0 Å². The average Bonchev–Trinajstić information content (AvgIpc) is 2.61. The zero-order valence-electron chi connectivity index (χ0n) is 17.7. The van der Waals surface area contributed by atoms with E-state index in [1.54, 1.807) is 51.4 Å². The van der Waals surface area contributed by atoms with E-state index >= 15 is 0 Å². The highest BCUT2D eigenvalue weighted by Gasteiger charge is 2.58. The molecule has 8 atom stereocenters. The van der Waals surface area contributed by atoms with Crippen LogP contribution < -0.4 is 0 Å². The number of hydrogen-bond donors (Lipinski definition) is 0. The van der Waals surface area contributed by atoms with Crippen LogP contribution in [0.3, 0.4) is 0 Å². The SMILES string of the molecule is CCCC1CCC2(C)C(CC[C@@H]3C2CC[C@]2(C)C(CC)CCCC32)C1. The van der Waals surface area contributed by atoms with Gasteiger partial charge in [-0.15, -0.1) is 0 Å². The molecular weight excluding hydrogens is 300 g/mol. The van der Waals surface area contributed by atoms with Gasteiger partial charge in [-0.05, 0) is 104 Å². The standard InChI is InChI=1S/C25H44/c1-5-8-18-13-15-25(4)20(17-18)11-12-21-22-10-7-9-19(6-2)24(22,3)16-14-23(21)25/h18-23H,5-17H2,1-4H3/t18?,19?,20?,21-,22?,23?,24+,25?/m0/s1. The van der Waals surface area contributed by atoms with Crippen LogP contribution in [0.5, 0.6) is 0 Å². The van der Waals surface area contributed by atoms with Crippen molar-refractivity contribution in [1.82, 2.24) is 0 Å². The van der Waals surface area contributed by atoms with Crippen LogP contribution in [0.25, 0.3) is 0 Å². The molecule has 0 amide bonds. The van der Waals surface area contributed by atoms with E-state index in [4.69, 9.17) is 0 Å². The van der Waals surface area contributed by atoms with Crippen LogP contribution in [0, 0.1) is 46.3 Å². The number of rotatable bonds is 3. The molecule has 0 heterocycles. The van der Waals surface area contributed by atoms with Crippen molar-refractivity contribution in [2.45, 2.75) is 111 Å². The Balaban J connectivity index is 1.55. The molecule has 4 fully saturated rings. The summed E-state index contributed by atoms with van der Waals surface area (Å²) in [7, 11) is 0. The van der Waals surface area contributed by atoms with Crippen LogP contribution in [0.2, 0.25) is 0 Å². The van der Waals surface area contributed by atoms with E-state index in [0.717, 1.165) is 35.5 Å². The third-order valence-corrected chi connectivity index (χ3v) is 10.4. The van der Waals surface area contributed by atoms with Crippen LogP contribution in [0.4, 0.5) is 0 Å². The Kier molecular flexibility index (Phi) is 5.04. The zero-order valence-corrected chi connectivity index (χ0v) is 17.7. The molecule has 0 aromatic carbocycles. The van der Waals surface area contributed by atoms with Crippen molar-refractivity contribution in [2.75, 3.05) is 0 Å². The van der Waals surface area contributed by atoms with E-state index in [-0.39, 0.29) is 0 Å². The lowest BCUT2D eigenvalue weighted by Crippen LogP contribution is -2.56. The molecule has 4 aliphatic rings. The van der Waals surface area contributed by atoms with Crippen molar-refractivity contribution in [1.29, 1.82) is 0 Å². The molecule has 0 N–H and O–H groups in total. The van der Waals surface area contributed by atoms with Crippen molar-refractivity contribution in [3.63, 3.8) is 0 Å². The van der Waals surface area contributed by atoms with E-state index in [1.165, 1.54) is 32.1 Å². The molecule has 0 saturated heterocycles. The zero-order chi connectivity index (χ0) is 17.7. The van der Waals surface area contributed by atoms with Gasteiger partial charge in [0.1, 0.15) is 0 Å². The van der Waals surface area contributed by atoms with Gasteiger partial charge in [0.2, 0.25) is 0 Å². The first-order valence-electron chi connectivity index (χ1n) is 12.0. The third kappa shape index (κ3) is 2.84. The van der Waals surface area contributed by atoms with Gasteiger partial charge in [-0.25, -0.2) is 0 Å². The second-order valence-electron chi connectivity index (χ2n) is 11.2. The van der Waals surface area contributed by atoms with Crippen LogP contribution in [0.1, 0.15) is 111 Å². The molecule has 0 nitrogen and oxygen atoms in total. The predicted molar refractivity (Wildman–Crippen MR) is 109 cm³/mol. The second kappa shape index (κ2) is 6.87. The molecule has 0 aromatic rings. The molecule has 25 heavy (non-hydrogen) atoms. The molecule has 0 aromatic heterocycles. The summed E-state index contributed by atoms with van der Waals surface area (Å²) in [6, 6.07) is 0. The van der Waals surface area contributed by atoms with E-state index in [1.807, 2.05) is 0 Å². The van der Waals surface area contributed by atoms with Gasteiger partial charge in [0, 0.05) is 0 Å². The second-order valence-corrected chi connectivity index (χ2v) is 11.2. The lowest BCUT2D eigenvalue weighted by molar-refractivity contribution is -0.146. The summed E-state index contributed by atoms with van der Waals surface area (Å²) in [5.74, 6) is 6.37. The van der Waals surface area contributed by atoms with Gasteiger partial charge in [0.05, 0.1) is 0 Å². The summed E-state index contributed by atoms with van der Waals surface area (Å²) in [5.41, 5.74) is 1.39. The summed E-state index contributed by atoms with van der Waals surface area (Å²) in [5, 5.41) is 0. The van der Waals surface area contributed by atoms with Crippen molar-refractivity contribution in [2.24, 2.45) is 46.3 Å². The summed E-state index contributed by atoms with van der Waals surface area (Å²) in [6.45, 7) is 10.3. The minimum absolute atomic E-state index is 0.691. The molecule has 0 heteroatoms. The minimum Gasteiger partial charge on any atom is -0.0654 e. The molecule has 4 saturated carbocycles. The number of hydrogen-bond acceptors (Lipinski definition) is 0. The molecule has 144 valence electrons. The fraction of sp³-hybridized carbons (Fsp3) is 1.00. The topological polar surface area (TPSA) is 0 Å². The average molecular weight is 345 g/mol. The largest absolute Gasteiger partial charge is 0.0654 e. The fourth-order valence-corrected chi connectivity index (χ4v) is 9.00. The highest BCUT2D eigenvalue weighted by atomic mass is 14.6. The predicted octanol–water partition coefficient (Wildman–Crippen LogP) is 7.86. The Morgan fingerprint density at radius 3 is 2.32 bits per heavy atom. The maximum atomic E-state index is 2.75. The molecule has 0 spiro atoms. The molecular formula is C25H44. The molecule has 4 aliphatic carbocycles. The summed E-state index contributed by atoms with van der Waals surface area (Å²) in [4.78, 5) is 0. The van der Waals surface area contributed by atoms with Gasteiger partial charge in [-0.3, -0.25) is 0 Å². The summed E-state index contributed by atoms with van der Waals surface area (Å²) < 4.78 is 0. The van der Waals surface area contributed by atoms with Crippen molar-refractivity contribution < 1.29 is 0 Å². The Hall–Kier alpha value is 0. The Morgan fingerprint density at radius 2 is 1.56 bits per heavy atom. The van der Waals surface area contributed by atoms with Crippen LogP contribution in [-0.4, -0.2) is 0 Å². The van der Waals surface area contributed by atoms with Gasteiger partial charge in [0.15, 0.2) is 0 Å². The van der Waals surface area contributed by atoms with E-state index in [9.17, 15) is 0 Å². The third-order valence-electron chi connectivity index (χ3n) is 10.4. The van der Waals surface area contributed by atoms with Gasteiger partial charge in [0.25, 0.3) is 0 Å². The first-order valence-corrected chi connectivity index (χ1v) is 12.0. The Morgan fingerprint density at radius 1 is 0.800 bits per heavy atom. The summed E-state index contributed by atoms with van der Waals surface area (Å²) >= 11 is 0. The molecule has 4 rings (SSSR count). The first kappa shape index (κ1) is 18.4. The number of fused-ring (bicyclic) bond motifs is 5. The Labute approximate surface area is 157 Å². The minimum atomic E-state index is 0.691.